The molecule has 0 amide bonds. The molecule has 0 saturated carbocycles. The molecule has 3 heterocycles. The van der Waals surface area contributed by atoms with E-state index in [2.05, 4.69) is 73.5 Å². The van der Waals surface area contributed by atoms with Gasteiger partial charge in [-0.1, -0.05) is 36.4 Å². The van der Waals surface area contributed by atoms with Crippen LogP contribution in [-0.4, -0.2) is 30.9 Å². The van der Waals surface area contributed by atoms with Crippen LogP contribution in [0.2, 0.25) is 0 Å². The molecule has 0 atom stereocenters. The summed E-state index contributed by atoms with van der Waals surface area (Å²) in [5, 5.41) is 14.9. The molecule has 2 aromatic carbocycles. The van der Waals surface area contributed by atoms with E-state index in [0.29, 0.717) is 17.6 Å². The monoisotopic (exact) mass is 369 g/mol. The van der Waals surface area contributed by atoms with Crippen molar-refractivity contribution in [1.82, 2.24) is 24.7 Å². The summed E-state index contributed by atoms with van der Waals surface area (Å²) < 4.78 is 2.24. The molecule has 28 heavy (non-hydrogen) atoms. The van der Waals surface area contributed by atoms with Crippen LogP contribution in [0.5, 0.6) is 0 Å². The SMILES string of the molecule is CC(C)n1cc(/C=N/Nc2nnc3c(n2)[nH]c2ccccc23)c2ccccc21. The van der Waals surface area contributed by atoms with Crippen LogP contribution in [0, 0.1) is 0 Å². The summed E-state index contributed by atoms with van der Waals surface area (Å²) in [6.45, 7) is 4.33. The Hall–Kier alpha value is -3.74. The first kappa shape index (κ1) is 16.4. The number of fused-ring (bicyclic) bond motifs is 4. The highest BCUT2D eigenvalue weighted by Crippen LogP contribution is 2.24. The number of hydrogen-bond donors (Lipinski definition) is 2. The number of nitrogens with zero attached hydrogens (tertiary/aromatic N) is 5. The van der Waals surface area contributed by atoms with Crippen molar-refractivity contribution >= 4 is 45.1 Å². The lowest BCUT2D eigenvalue weighted by Gasteiger charge is -2.08. The highest BCUT2D eigenvalue weighted by Gasteiger charge is 2.10. The zero-order valence-corrected chi connectivity index (χ0v) is 15.6. The van der Waals surface area contributed by atoms with E-state index >= 15 is 0 Å². The smallest absolute Gasteiger partial charge is 0.265 e. The number of anilines is 1. The summed E-state index contributed by atoms with van der Waals surface area (Å²) in [4.78, 5) is 7.74. The molecule has 138 valence electrons. The van der Waals surface area contributed by atoms with Gasteiger partial charge in [0.2, 0.25) is 0 Å². The Kier molecular flexibility index (Phi) is 3.79. The third kappa shape index (κ3) is 2.68. The van der Waals surface area contributed by atoms with E-state index in [0.717, 1.165) is 27.4 Å². The lowest BCUT2D eigenvalue weighted by molar-refractivity contribution is 0.623. The van der Waals surface area contributed by atoms with E-state index in [9.17, 15) is 0 Å². The number of H-pyrrole nitrogens is 1. The molecule has 0 aliphatic rings. The predicted octanol–water partition coefficient (Wildman–Crippen LogP) is 4.49. The maximum atomic E-state index is 4.48. The number of nitrogens with one attached hydrogen (secondary N) is 2. The average Bonchev–Trinajstić information content (AvgIpc) is 3.26. The van der Waals surface area contributed by atoms with Gasteiger partial charge in [-0.3, -0.25) is 0 Å². The van der Waals surface area contributed by atoms with Gasteiger partial charge in [-0.2, -0.15) is 10.1 Å². The van der Waals surface area contributed by atoms with Crippen molar-refractivity contribution in [2.45, 2.75) is 19.9 Å². The molecule has 0 fully saturated rings. The maximum absolute atomic E-state index is 4.48. The van der Waals surface area contributed by atoms with Crippen molar-refractivity contribution in [3.05, 3.63) is 60.3 Å². The van der Waals surface area contributed by atoms with Crippen LogP contribution in [0.3, 0.4) is 0 Å². The van der Waals surface area contributed by atoms with Gasteiger partial charge in [0.1, 0.15) is 5.52 Å². The Morgan fingerprint density at radius 1 is 1.04 bits per heavy atom. The van der Waals surface area contributed by atoms with Gasteiger partial charge in [-0.15, -0.1) is 10.2 Å². The zero-order chi connectivity index (χ0) is 19.1. The van der Waals surface area contributed by atoms with Gasteiger partial charge in [-0.05, 0) is 26.0 Å². The van der Waals surface area contributed by atoms with Crippen LogP contribution < -0.4 is 5.43 Å². The minimum atomic E-state index is 0.350. The van der Waals surface area contributed by atoms with Crippen LogP contribution in [0.15, 0.2) is 59.8 Å². The maximum Gasteiger partial charge on any atom is 0.265 e. The first-order valence-corrected chi connectivity index (χ1v) is 9.20. The Morgan fingerprint density at radius 2 is 1.82 bits per heavy atom. The van der Waals surface area contributed by atoms with Crippen LogP contribution >= 0.6 is 0 Å². The van der Waals surface area contributed by atoms with Gasteiger partial charge in [0.25, 0.3) is 5.95 Å². The van der Waals surface area contributed by atoms with Gasteiger partial charge in [0, 0.05) is 39.6 Å². The molecule has 0 saturated heterocycles. The summed E-state index contributed by atoms with van der Waals surface area (Å²) in [7, 11) is 0. The van der Waals surface area contributed by atoms with Crippen molar-refractivity contribution in [2.24, 2.45) is 5.10 Å². The van der Waals surface area contributed by atoms with Crippen molar-refractivity contribution in [2.75, 3.05) is 5.43 Å². The van der Waals surface area contributed by atoms with Gasteiger partial charge in [0.15, 0.2) is 5.65 Å². The highest BCUT2D eigenvalue weighted by atomic mass is 15.4. The Morgan fingerprint density at radius 3 is 2.68 bits per heavy atom. The summed E-state index contributed by atoms with van der Waals surface area (Å²) in [6, 6.07) is 16.6. The Labute approximate surface area is 161 Å². The second-order valence-corrected chi connectivity index (χ2v) is 6.98. The summed E-state index contributed by atoms with van der Waals surface area (Å²) in [5.41, 5.74) is 7.55. The van der Waals surface area contributed by atoms with Crippen molar-refractivity contribution in [3.63, 3.8) is 0 Å². The fourth-order valence-electron chi connectivity index (χ4n) is 3.49. The van der Waals surface area contributed by atoms with Crippen LogP contribution in [0.25, 0.3) is 33.0 Å². The quantitative estimate of drug-likeness (QED) is 0.361. The first-order valence-electron chi connectivity index (χ1n) is 9.20. The third-order valence-electron chi connectivity index (χ3n) is 4.82. The molecular formula is C21H19N7. The molecule has 2 N–H and O–H groups in total. The number of hydrazone groups is 1. The molecule has 0 spiro atoms. The molecule has 0 aliphatic carbocycles. The minimum absolute atomic E-state index is 0.350. The summed E-state index contributed by atoms with van der Waals surface area (Å²) >= 11 is 0. The Balaban J connectivity index is 1.45. The zero-order valence-electron chi connectivity index (χ0n) is 15.6. The predicted molar refractivity (Wildman–Crippen MR) is 113 cm³/mol. The van der Waals surface area contributed by atoms with Gasteiger partial charge in [0.05, 0.1) is 6.21 Å². The highest BCUT2D eigenvalue weighted by molar-refractivity contribution is 6.03. The standard InChI is InChI=1S/C21H19N7/c1-13(2)28-12-14(15-7-4-6-10-18(15)28)11-22-26-21-24-20-19(25-27-21)16-8-3-5-9-17(16)23-20/h3-13H,1-2H3,(H2,23,24,26,27)/b22-11+. The van der Waals surface area contributed by atoms with Gasteiger partial charge in [-0.25, -0.2) is 5.43 Å². The second-order valence-electron chi connectivity index (χ2n) is 6.98. The number of benzene rings is 2. The van der Waals surface area contributed by atoms with E-state index in [1.807, 2.05) is 30.3 Å². The molecule has 7 heteroatoms. The molecular weight excluding hydrogens is 350 g/mol. The normalized spacial score (nSPS) is 12.1. The molecule has 5 rings (SSSR count). The number of para-hydroxylation sites is 2. The molecule has 3 aromatic heterocycles. The van der Waals surface area contributed by atoms with E-state index in [-0.39, 0.29) is 0 Å². The van der Waals surface area contributed by atoms with E-state index in [1.165, 1.54) is 5.52 Å². The molecule has 7 nitrogen and oxygen atoms in total. The molecule has 5 aromatic rings. The average molecular weight is 369 g/mol. The first-order chi connectivity index (χ1) is 13.7. The third-order valence-corrected chi connectivity index (χ3v) is 4.82. The molecule has 0 radical (unpaired) electrons. The van der Waals surface area contributed by atoms with Crippen molar-refractivity contribution in [3.8, 4) is 0 Å². The fourth-order valence-corrected chi connectivity index (χ4v) is 3.49. The van der Waals surface area contributed by atoms with Crippen LogP contribution in [-0.2, 0) is 0 Å². The fraction of sp³-hybridized carbons (Fsp3) is 0.143. The summed E-state index contributed by atoms with van der Waals surface area (Å²) in [6.07, 6.45) is 3.90. The second kappa shape index (κ2) is 6.45. The van der Waals surface area contributed by atoms with E-state index in [4.69, 9.17) is 0 Å². The van der Waals surface area contributed by atoms with Crippen molar-refractivity contribution < 1.29 is 0 Å². The lowest BCUT2D eigenvalue weighted by Crippen LogP contribution is -1.99. The van der Waals surface area contributed by atoms with Crippen LogP contribution in [0.4, 0.5) is 5.95 Å². The number of rotatable bonds is 4. The molecule has 0 unspecified atom stereocenters. The lowest BCUT2D eigenvalue weighted by atomic mass is 10.2. The minimum Gasteiger partial charge on any atom is -0.344 e. The van der Waals surface area contributed by atoms with Crippen LogP contribution in [0.1, 0.15) is 25.5 Å². The topological polar surface area (TPSA) is 83.8 Å². The van der Waals surface area contributed by atoms with Crippen molar-refractivity contribution in [1.29, 1.82) is 0 Å². The number of aromatic nitrogens is 5. The number of hydrogen-bond acceptors (Lipinski definition) is 5. The molecule has 0 aliphatic heterocycles. The van der Waals surface area contributed by atoms with E-state index < -0.39 is 0 Å². The van der Waals surface area contributed by atoms with Gasteiger partial charge < -0.3 is 9.55 Å². The number of aromatic amines is 1. The Bertz CT molecular complexity index is 1330. The largest absolute Gasteiger partial charge is 0.344 e. The molecule has 0 bridgehead atoms. The summed E-state index contributed by atoms with van der Waals surface area (Å²) in [5.74, 6) is 0.350. The van der Waals surface area contributed by atoms with Gasteiger partial charge >= 0.3 is 0 Å². The van der Waals surface area contributed by atoms with E-state index in [1.54, 1.807) is 6.21 Å².